The number of likely N-dealkylation sites (tertiary alicyclic amines) is 1. The van der Waals surface area contributed by atoms with E-state index in [1.807, 2.05) is 39.5 Å². The molecule has 1 aliphatic rings. The first-order chi connectivity index (χ1) is 17.3. The fourth-order valence-corrected chi connectivity index (χ4v) is 4.43. The number of nitrogens with zero attached hydrogens (tertiary/aromatic N) is 2. The number of carbonyl (C=O) groups excluding carboxylic acids is 4. The Bertz CT molecular complexity index is 798. The zero-order valence-corrected chi connectivity index (χ0v) is 23.1. The number of rotatable bonds is 15. The Hall–Kier alpha value is -2.73. The zero-order valence-electron chi connectivity index (χ0n) is 23.1. The van der Waals surface area contributed by atoms with Crippen LogP contribution < -0.4 is 33.2 Å². The van der Waals surface area contributed by atoms with Gasteiger partial charge in [-0.05, 0) is 63.5 Å². The van der Waals surface area contributed by atoms with Crippen molar-refractivity contribution in [1.29, 1.82) is 0 Å². The maximum atomic E-state index is 13.2. The summed E-state index contributed by atoms with van der Waals surface area (Å²) >= 11 is 0. The van der Waals surface area contributed by atoms with E-state index in [2.05, 4.69) is 20.9 Å². The van der Waals surface area contributed by atoms with Gasteiger partial charge in [-0.25, -0.2) is 0 Å². The molecule has 37 heavy (non-hydrogen) atoms. The number of amides is 4. The number of imide groups is 1. The molecule has 0 aromatic rings. The highest BCUT2D eigenvalue weighted by atomic mass is 16.2. The second-order valence-electron chi connectivity index (χ2n) is 10.6. The summed E-state index contributed by atoms with van der Waals surface area (Å²) in [4.78, 5) is 57.7. The van der Waals surface area contributed by atoms with E-state index in [1.165, 1.54) is 0 Å². The lowest BCUT2D eigenvalue weighted by atomic mass is 10.00. The van der Waals surface area contributed by atoms with Crippen molar-refractivity contribution in [3.63, 3.8) is 0 Å². The quantitative estimate of drug-likeness (QED) is 0.0940. The van der Waals surface area contributed by atoms with Crippen LogP contribution in [0.4, 0.5) is 0 Å². The average Bonchev–Trinajstić information content (AvgIpc) is 3.28. The van der Waals surface area contributed by atoms with Crippen LogP contribution in [-0.4, -0.2) is 78.3 Å². The van der Waals surface area contributed by atoms with Crippen LogP contribution in [0.1, 0.15) is 73.1 Å². The second kappa shape index (κ2) is 16.2. The van der Waals surface area contributed by atoms with E-state index in [9.17, 15) is 19.2 Å². The maximum Gasteiger partial charge on any atom is 0.249 e. The topological polar surface area (TPSA) is 198 Å². The molecule has 1 fully saturated rings. The van der Waals surface area contributed by atoms with E-state index < -0.39 is 35.8 Å². The van der Waals surface area contributed by atoms with Crippen molar-refractivity contribution < 1.29 is 19.2 Å². The van der Waals surface area contributed by atoms with Gasteiger partial charge in [0.1, 0.15) is 12.1 Å². The monoisotopic (exact) mass is 524 g/mol. The lowest BCUT2D eigenvalue weighted by Crippen LogP contribution is -2.57. The number of hydrogen-bond acceptors (Lipinski definition) is 7. The molecule has 1 aliphatic heterocycles. The molecule has 212 valence electrons. The average molecular weight is 525 g/mol. The Morgan fingerprint density at radius 1 is 0.946 bits per heavy atom. The molecule has 0 aromatic heterocycles. The Morgan fingerprint density at radius 2 is 1.57 bits per heavy atom. The van der Waals surface area contributed by atoms with Gasteiger partial charge in [0.2, 0.25) is 23.6 Å². The predicted molar refractivity (Wildman–Crippen MR) is 144 cm³/mol. The third-order valence-electron chi connectivity index (χ3n) is 6.30. The van der Waals surface area contributed by atoms with Crippen LogP contribution in [0.25, 0.3) is 0 Å². The Labute approximate surface area is 220 Å². The van der Waals surface area contributed by atoms with Crippen molar-refractivity contribution in [2.24, 2.45) is 34.0 Å². The van der Waals surface area contributed by atoms with Crippen molar-refractivity contribution in [2.45, 2.75) is 97.3 Å². The molecule has 0 aliphatic carbocycles. The fourth-order valence-electron chi connectivity index (χ4n) is 4.43. The Morgan fingerprint density at radius 3 is 2.14 bits per heavy atom. The van der Waals surface area contributed by atoms with Gasteiger partial charge in [-0.1, -0.05) is 34.6 Å². The van der Waals surface area contributed by atoms with E-state index in [-0.39, 0.29) is 42.7 Å². The molecule has 1 saturated heterocycles. The summed E-state index contributed by atoms with van der Waals surface area (Å²) in [7, 11) is 0. The number of likely N-dealkylation sites (N-methyl/N-ethyl adjacent to an activating group) is 1. The molecule has 0 bridgehead atoms. The maximum absolute atomic E-state index is 13.2. The normalized spacial score (nSPS) is 18.2. The molecule has 0 radical (unpaired) electrons. The number of carbonyl (C=O) groups is 4. The first-order valence-electron chi connectivity index (χ1n) is 13.4. The third-order valence-corrected chi connectivity index (χ3v) is 6.30. The van der Waals surface area contributed by atoms with Gasteiger partial charge in [-0.3, -0.25) is 34.4 Å². The Kier molecular flexibility index (Phi) is 14.1. The summed E-state index contributed by atoms with van der Waals surface area (Å²) < 4.78 is 0. The molecule has 0 saturated carbocycles. The zero-order chi connectivity index (χ0) is 28.1. The van der Waals surface area contributed by atoms with E-state index in [0.29, 0.717) is 32.2 Å². The summed E-state index contributed by atoms with van der Waals surface area (Å²) in [6, 6.07) is -2.99. The van der Waals surface area contributed by atoms with E-state index in [4.69, 9.17) is 17.2 Å². The molecule has 4 atom stereocenters. The predicted octanol–water partition coefficient (Wildman–Crippen LogP) is -0.444. The number of hydrogen-bond donors (Lipinski definition) is 6. The molecule has 1 rings (SSSR count). The summed E-state index contributed by atoms with van der Waals surface area (Å²) in [6.45, 7) is 11.5. The molecule has 1 heterocycles. The van der Waals surface area contributed by atoms with Crippen molar-refractivity contribution in [1.82, 2.24) is 20.9 Å². The number of aliphatic imine (C=N–C) groups is 1. The Balaban J connectivity index is 2.97. The standard InChI is InChI=1S/C25H48N8O4/c1-6-33-12-8-10-20(33)24(37)32-22(35)18(9-7-11-29-25(27)28)30-23(36)19(14-16(4)5)31-21(34)17(26)13-15(2)3/h15-20H,6-14,26H2,1-5H3,(H,30,36)(H,31,34)(H4,27,28,29)(H,32,35,37)/t17-,18+,19+,20+/m1/s1. The minimum Gasteiger partial charge on any atom is -0.370 e. The van der Waals surface area contributed by atoms with Crippen molar-refractivity contribution >= 4 is 29.6 Å². The van der Waals surface area contributed by atoms with Crippen LogP contribution in [0.15, 0.2) is 4.99 Å². The van der Waals surface area contributed by atoms with E-state index in [1.54, 1.807) is 0 Å². The van der Waals surface area contributed by atoms with Crippen molar-refractivity contribution in [3.8, 4) is 0 Å². The molecular weight excluding hydrogens is 476 g/mol. The number of guanidine groups is 1. The largest absolute Gasteiger partial charge is 0.370 e. The first-order valence-corrected chi connectivity index (χ1v) is 13.4. The highest BCUT2D eigenvalue weighted by Gasteiger charge is 2.33. The minimum atomic E-state index is -1.00. The summed E-state index contributed by atoms with van der Waals surface area (Å²) in [6.07, 6.45) is 3.01. The minimum absolute atomic E-state index is 0.0708. The summed E-state index contributed by atoms with van der Waals surface area (Å²) in [5.74, 6) is -1.66. The third kappa shape index (κ3) is 11.9. The van der Waals surface area contributed by atoms with Gasteiger partial charge in [0, 0.05) is 6.54 Å². The molecule has 12 heteroatoms. The van der Waals surface area contributed by atoms with E-state index in [0.717, 1.165) is 13.0 Å². The van der Waals surface area contributed by atoms with Crippen LogP contribution in [0.2, 0.25) is 0 Å². The molecule has 9 N–H and O–H groups in total. The van der Waals surface area contributed by atoms with Crippen LogP contribution >= 0.6 is 0 Å². The smallest absolute Gasteiger partial charge is 0.249 e. The molecule has 0 unspecified atom stereocenters. The van der Waals surface area contributed by atoms with E-state index >= 15 is 0 Å². The summed E-state index contributed by atoms with van der Waals surface area (Å²) in [5, 5.41) is 7.95. The van der Waals surface area contributed by atoms with Crippen molar-refractivity contribution in [3.05, 3.63) is 0 Å². The molecule has 12 nitrogen and oxygen atoms in total. The van der Waals surface area contributed by atoms with Crippen LogP contribution in [0.3, 0.4) is 0 Å². The van der Waals surface area contributed by atoms with Gasteiger partial charge in [-0.2, -0.15) is 0 Å². The van der Waals surface area contributed by atoms with Gasteiger partial charge in [0.05, 0.1) is 12.1 Å². The van der Waals surface area contributed by atoms with Gasteiger partial charge in [0.25, 0.3) is 0 Å². The van der Waals surface area contributed by atoms with Gasteiger partial charge >= 0.3 is 0 Å². The first kappa shape index (κ1) is 32.3. The number of nitrogens with two attached hydrogens (primary N) is 3. The lowest BCUT2D eigenvalue weighted by molar-refractivity contribution is -0.137. The van der Waals surface area contributed by atoms with Gasteiger partial charge in [0.15, 0.2) is 5.96 Å². The number of nitrogens with one attached hydrogen (secondary N) is 3. The SMILES string of the molecule is CCN1CCC[C@H]1C(=O)NC(=O)[C@H](CCCN=C(N)N)NC(=O)[C@H](CC(C)C)NC(=O)[C@H](N)CC(C)C. The highest BCUT2D eigenvalue weighted by molar-refractivity contribution is 6.01. The second-order valence-corrected chi connectivity index (χ2v) is 10.6. The van der Waals surface area contributed by atoms with Crippen LogP contribution in [0.5, 0.6) is 0 Å². The van der Waals surface area contributed by atoms with Crippen LogP contribution in [0, 0.1) is 11.8 Å². The van der Waals surface area contributed by atoms with Gasteiger partial charge in [-0.15, -0.1) is 0 Å². The molecule has 0 spiro atoms. The highest BCUT2D eigenvalue weighted by Crippen LogP contribution is 2.17. The summed E-state index contributed by atoms with van der Waals surface area (Å²) in [5.41, 5.74) is 16.8. The van der Waals surface area contributed by atoms with Crippen LogP contribution in [-0.2, 0) is 19.2 Å². The fraction of sp³-hybridized carbons (Fsp3) is 0.800. The van der Waals surface area contributed by atoms with Crippen molar-refractivity contribution in [2.75, 3.05) is 19.6 Å². The molecular formula is C25H48N8O4. The van der Waals surface area contributed by atoms with Gasteiger partial charge < -0.3 is 27.8 Å². The molecule has 0 aromatic carbocycles. The lowest BCUT2D eigenvalue weighted by Gasteiger charge is -2.26. The molecule has 4 amide bonds.